The number of hydrogen-bond acceptors (Lipinski definition) is 2. The number of hydrogen-bond donors (Lipinski definition) is 0. The van der Waals surface area contributed by atoms with Gasteiger partial charge in [0.2, 0.25) is 5.78 Å². The van der Waals surface area contributed by atoms with Gasteiger partial charge in [0.15, 0.2) is 0 Å². The summed E-state index contributed by atoms with van der Waals surface area (Å²) in [6.07, 6.45) is 0. The van der Waals surface area contributed by atoms with Crippen molar-refractivity contribution in [2.75, 3.05) is 0 Å². The molecule has 16 heavy (non-hydrogen) atoms. The average molecular weight is 320 g/mol. The number of halogens is 3. The summed E-state index contributed by atoms with van der Waals surface area (Å²) in [7, 11) is 0. The van der Waals surface area contributed by atoms with Gasteiger partial charge in [-0.05, 0) is 29.6 Å². The summed E-state index contributed by atoms with van der Waals surface area (Å²) in [6, 6.07) is 5.95. The van der Waals surface area contributed by atoms with Crippen molar-refractivity contribution in [1.29, 1.82) is 0 Å². The summed E-state index contributed by atoms with van der Waals surface area (Å²) in [5.41, 5.74) is 0.0348. The lowest BCUT2D eigenvalue weighted by atomic mass is 10.1. The lowest BCUT2D eigenvalue weighted by molar-refractivity contribution is 0.103. The van der Waals surface area contributed by atoms with Crippen LogP contribution in [0.4, 0.5) is 4.39 Å². The van der Waals surface area contributed by atoms with Gasteiger partial charge in [-0.25, -0.2) is 4.39 Å². The van der Waals surface area contributed by atoms with Gasteiger partial charge in [-0.15, -0.1) is 11.3 Å². The SMILES string of the molecule is O=C(c1ccc(Br)cc1F)c1sccc1Cl. The molecule has 0 atom stereocenters. The lowest BCUT2D eigenvalue weighted by Gasteiger charge is -2.01. The zero-order chi connectivity index (χ0) is 11.7. The highest BCUT2D eigenvalue weighted by molar-refractivity contribution is 9.10. The quantitative estimate of drug-likeness (QED) is 0.743. The van der Waals surface area contributed by atoms with Gasteiger partial charge in [-0.3, -0.25) is 4.79 Å². The van der Waals surface area contributed by atoms with Crippen molar-refractivity contribution in [3.63, 3.8) is 0 Å². The van der Waals surface area contributed by atoms with Crippen molar-refractivity contribution in [2.45, 2.75) is 0 Å². The van der Waals surface area contributed by atoms with Crippen LogP contribution in [0.15, 0.2) is 34.1 Å². The average Bonchev–Trinajstić information content (AvgIpc) is 2.63. The van der Waals surface area contributed by atoms with Gasteiger partial charge < -0.3 is 0 Å². The monoisotopic (exact) mass is 318 g/mol. The van der Waals surface area contributed by atoms with Crippen LogP contribution in [0.5, 0.6) is 0 Å². The molecule has 0 bridgehead atoms. The van der Waals surface area contributed by atoms with E-state index in [9.17, 15) is 9.18 Å². The molecule has 82 valence electrons. The van der Waals surface area contributed by atoms with E-state index in [0.29, 0.717) is 14.4 Å². The van der Waals surface area contributed by atoms with E-state index in [2.05, 4.69) is 15.9 Å². The molecular weight excluding hydrogens is 315 g/mol. The number of thiophene rings is 1. The first-order valence-electron chi connectivity index (χ1n) is 4.32. The van der Waals surface area contributed by atoms with Crippen LogP contribution >= 0.6 is 38.9 Å². The summed E-state index contributed by atoms with van der Waals surface area (Å²) in [6.45, 7) is 0. The van der Waals surface area contributed by atoms with Crippen LogP contribution in [-0.2, 0) is 0 Å². The van der Waals surface area contributed by atoms with Gasteiger partial charge in [0.05, 0.1) is 15.5 Å². The zero-order valence-corrected chi connectivity index (χ0v) is 11.0. The van der Waals surface area contributed by atoms with Crippen LogP contribution in [0.2, 0.25) is 5.02 Å². The minimum absolute atomic E-state index is 0.0348. The van der Waals surface area contributed by atoms with Crippen molar-refractivity contribution in [1.82, 2.24) is 0 Å². The lowest BCUT2D eigenvalue weighted by Crippen LogP contribution is -2.02. The fraction of sp³-hybridized carbons (Fsp3) is 0. The van der Waals surface area contributed by atoms with Crippen LogP contribution < -0.4 is 0 Å². The Bertz CT molecular complexity index is 553. The maximum atomic E-state index is 13.5. The molecule has 0 radical (unpaired) electrons. The molecule has 2 aromatic rings. The number of carbonyl (C=O) groups is 1. The minimum atomic E-state index is -0.552. The second-order valence-electron chi connectivity index (χ2n) is 3.05. The standard InChI is InChI=1S/C11H5BrClFOS/c12-6-1-2-7(9(14)5-6)10(15)11-8(13)3-4-16-11/h1-5H. The van der Waals surface area contributed by atoms with Gasteiger partial charge in [0, 0.05) is 4.47 Å². The van der Waals surface area contributed by atoms with E-state index in [-0.39, 0.29) is 11.3 Å². The number of carbonyl (C=O) groups excluding carboxylic acids is 1. The minimum Gasteiger partial charge on any atom is -0.288 e. The van der Waals surface area contributed by atoms with Crippen molar-refractivity contribution in [3.8, 4) is 0 Å². The van der Waals surface area contributed by atoms with E-state index < -0.39 is 5.82 Å². The van der Waals surface area contributed by atoms with E-state index >= 15 is 0 Å². The van der Waals surface area contributed by atoms with E-state index in [1.54, 1.807) is 17.5 Å². The molecule has 0 unspecified atom stereocenters. The van der Waals surface area contributed by atoms with E-state index in [4.69, 9.17) is 11.6 Å². The molecule has 0 aliphatic rings. The predicted molar refractivity (Wildman–Crippen MR) is 66.9 cm³/mol. The Morgan fingerprint density at radius 1 is 1.38 bits per heavy atom. The number of benzene rings is 1. The molecule has 5 heteroatoms. The van der Waals surface area contributed by atoms with Gasteiger partial charge in [0.25, 0.3) is 0 Å². The molecule has 0 saturated heterocycles. The predicted octanol–water partition coefficient (Wildman–Crippen LogP) is 4.53. The van der Waals surface area contributed by atoms with Crippen LogP contribution in [0, 0.1) is 5.82 Å². The molecule has 2 rings (SSSR count). The third kappa shape index (κ3) is 2.19. The maximum absolute atomic E-state index is 13.5. The van der Waals surface area contributed by atoms with Crippen molar-refractivity contribution in [3.05, 3.63) is 55.4 Å². The largest absolute Gasteiger partial charge is 0.288 e. The normalized spacial score (nSPS) is 10.4. The topological polar surface area (TPSA) is 17.1 Å². The van der Waals surface area contributed by atoms with Gasteiger partial charge in [0.1, 0.15) is 5.82 Å². The molecule has 1 nitrogen and oxygen atoms in total. The molecule has 0 aliphatic heterocycles. The summed E-state index contributed by atoms with van der Waals surface area (Å²) < 4.78 is 14.1. The van der Waals surface area contributed by atoms with E-state index in [0.717, 1.165) is 0 Å². The highest BCUT2D eigenvalue weighted by Gasteiger charge is 2.17. The molecule has 0 amide bonds. The molecule has 0 N–H and O–H groups in total. The second kappa shape index (κ2) is 4.65. The van der Waals surface area contributed by atoms with Crippen molar-refractivity contribution >= 4 is 44.7 Å². The van der Waals surface area contributed by atoms with E-state index in [1.807, 2.05) is 0 Å². The summed E-state index contributed by atoms with van der Waals surface area (Å²) >= 11 is 10.2. The third-order valence-corrected chi connectivity index (χ3v) is 3.83. The summed E-state index contributed by atoms with van der Waals surface area (Å²) in [5, 5.41) is 2.06. The molecule has 0 fully saturated rings. The Balaban J connectivity index is 2.46. The molecule has 0 spiro atoms. The first kappa shape index (κ1) is 11.8. The van der Waals surface area contributed by atoms with Crippen LogP contribution in [0.1, 0.15) is 15.2 Å². The number of rotatable bonds is 2. The Kier molecular flexibility index (Phi) is 3.42. The van der Waals surface area contributed by atoms with Gasteiger partial charge in [-0.1, -0.05) is 27.5 Å². The molecular formula is C11H5BrClFOS. The van der Waals surface area contributed by atoms with Crippen LogP contribution in [0.25, 0.3) is 0 Å². The summed E-state index contributed by atoms with van der Waals surface area (Å²) in [5.74, 6) is -0.936. The van der Waals surface area contributed by atoms with Crippen LogP contribution in [-0.4, -0.2) is 5.78 Å². The first-order chi connectivity index (χ1) is 7.59. The molecule has 1 aromatic heterocycles. The smallest absolute Gasteiger partial charge is 0.207 e. The van der Waals surface area contributed by atoms with Gasteiger partial charge in [-0.2, -0.15) is 0 Å². The fourth-order valence-electron chi connectivity index (χ4n) is 1.25. The third-order valence-electron chi connectivity index (χ3n) is 2.00. The number of ketones is 1. The molecule has 0 saturated carbocycles. The van der Waals surface area contributed by atoms with Crippen LogP contribution in [0.3, 0.4) is 0 Å². The molecule has 1 aromatic carbocycles. The fourth-order valence-corrected chi connectivity index (χ4v) is 2.68. The second-order valence-corrected chi connectivity index (χ2v) is 5.29. The zero-order valence-electron chi connectivity index (χ0n) is 7.84. The Labute approximate surface area is 109 Å². The molecule has 0 aliphatic carbocycles. The maximum Gasteiger partial charge on any atom is 0.207 e. The highest BCUT2D eigenvalue weighted by Crippen LogP contribution is 2.26. The van der Waals surface area contributed by atoms with Crippen molar-refractivity contribution < 1.29 is 9.18 Å². The highest BCUT2D eigenvalue weighted by atomic mass is 79.9. The van der Waals surface area contributed by atoms with E-state index in [1.165, 1.54) is 23.5 Å². The summed E-state index contributed by atoms with van der Waals surface area (Å²) in [4.78, 5) is 12.3. The Morgan fingerprint density at radius 2 is 2.12 bits per heavy atom. The Morgan fingerprint density at radius 3 is 2.69 bits per heavy atom. The van der Waals surface area contributed by atoms with Gasteiger partial charge >= 0.3 is 0 Å². The van der Waals surface area contributed by atoms with Crippen molar-refractivity contribution in [2.24, 2.45) is 0 Å². The first-order valence-corrected chi connectivity index (χ1v) is 6.37. The Hall–Kier alpha value is -0.710. The molecule has 1 heterocycles.